The lowest BCUT2D eigenvalue weighted by atomic mass is 10.2. The van der Waals surface area contributed by atoms with Crippen LogP contribution in [0.4, 0.5) is 24.9 Å². The molecule has 0 bridgehead atoms. The van der Waals surface area contributed by atoms with Crippen molar-refractivity contribution in [1.29, 1.82) is 0 Å². The fraction of sp³-hybridized carbons (Fsp3) is 0.333. The first-order valence-electron chi connectivity index (χ1n) is 6.07. The topological polar surface area (TPSA) is 63.0 Å². The highest BCUT2D eigenvalue weighted by Gasteiger charge is 2.31. The molecule has 0 atom stereocenters. The van der Waals surface area contributed by atoms with Crippen molar-refractivity contribution in [2.75, 3.05) is 11.9 Å². The molecule has 5 nitrogen and oxygen atoms in total. The standard InChI is InChI=1S/C12H12BrF3N4O/c1-2-17-6-10-19-20-11(21-10)18-9-5-7(12(14,15)16)3-4-8(9)13/h3-5,17H,2,6H2,1H3,(H,18,20). The molecule has 1 aromatic heterocycles. The van der Waals surface area contributed by atoms with Crippen molar-refractivity contribution in [3.63, 3.8) is 0 Å². The quantitative estimate of drug-likeness (QED) is 0.846. The fourth-order valence-electron chi connectivity index (χ4n) is 1.52. The van der Waals surface area contributed by atoms with Crippen LogP contribution in [0.15, 0.2) is 27.1 Å². The summed E-state index contributed by atoms with van der Waals surface area (Å²) in [5.74, 6) is 0.349. The number of alkyl halides is 3. The van der Waals surface area contributed by atoms with E-state index in [4.69, 9.17) is 4.42 Å². The third-order valence-corrected chi connectivity index (χ3v) is 3.22. The van der Waals surface area contributed by atoms with E-state index >= 15 is 0 Å². The summed E-state index contributed by atoms with van der Waals surface area (Å²) in [6.07, 6.45) is -4.41. The van der Waals surface area contributed by atoms with Gasteiger partial charge in [-0.15, -0.1) is 5.10 Å². The van der Waals surface area contributed by atoms with E-state index in [9.17, 15) is 13.2 Å². The van der Waals surface area contributed by atoms with Gasteiger partial charge in [-0.2, -0.15) is 13.2 Å². The van der Waals surface area contributed by atoms with Gasteiger partial charge >= 0.3 is 12.2 Å². The van der Waals surface area contributed by atoms with E-state index in [1.165, 1.54) is 6.07 Å². The lowest BCUT2D eigenvalue weighted by Gasteiger charge is -2.10. The predicted molar refractivity (Wildman–Crippen MR) is 74.1 cm³/mol. The summed E-state index contributed by atoms with van der Waals surface area (Å²) in [6.45, 7) is 3.06. The molecule has 9 heteroatoms. The van der Waals surface area contributed by atoms with E-state index in [2.05, 4.69) is 36.8 Å². The Labute approximate surface area is 127 Å². The third kappa shape index (κ3) is 4.18. The molecule has 2 rings (SSSR count). The second-order valence-corrected chi connectivity index (χ2v) is 4.95. The van der Waals surface area contributed by atoms with Gasteiger partial charge in [0.1, 0.15) is 0 Å². The van der Waals surface area contributed by atoms with Gasteiger partial charge < -0.3 is 15.1 Å². The Morgan fingerprint density at radius 2 is 2.05 bits per heavy atom. The lowest BCUT2D eigenvalue weighted by Crippen LogP contribution is -2.11. The van der Waals surface area contributed by atoms with Gasteiger partial charge in [-0.1, -0.05) is 12.0 Å². The van der Waals surface area contributed by atoms with Crippen LogP contribution in [0.25, 0.3) is 0 Å². The maximum atomic E-state index is 12.7. The molecule has 2 N–H and O–H groups in total. The van der Waals surface area contributed by atoms with Crippen LogP contribution in [-0.2, 0) is 12.7 Å². The maximum absolute atomic E-state index is 12.7. The van der Waals surface area contributed by atoms with Crippen molar-refractivity contribution in [3.05, 3.63) is 34.1 Å². The Bertz CT molecular complexity index is 615. The zero-order chi connectivity index (χ0) is 15.5. The van der Waals surface area contributed by atoms with Crippen molar-refractivity contribution >= 4 is 27.6 Å². The average Bonchev–Trinajstić information content (AvgIpc) is 2.85. The zero-order valence-electron chi connectivity index (χ0n) is 11.0. The maximum Gasteiger partial charge on any atom is 0.416 e. The van der Waals surface area contributed by atoms with Crippen LogP contribution >= 0.6 is 15.9 Å². The number of halogens is 4. The summed E-state index contributed by atoms with van der Waals surface area (Å²) in [5, 5.41) is 13.2. The average molecular weight is 365 g/mol. The molecule has 0 unspecified atom stereocenters. The molecule has 1 aromatic carbocycles. The molecule has 2 aromatic rings. The van der Waals surface area contributed by atoms with Gasteiger partial charge in [-0.25, -0.2) is 0 Å². The lowest BCUT2D eigenvalue weighted by molar-refractivity contribution is -0.137. The Hall–Kier alpha value is -1.61. The molecule has 0 fully saturated rings. The molecular weight excluding hydrogens is 353 g/mol. The van der Waals surface area contributed by atoms with Crippen molar-refractivity contribution in [3.8, 4) is 0 Å². The first-order valence-corrected chi connectivity index (χ1v) is 6.86. The summed E-state index contributed by atoms with van der Waals surface area (Å²) < 4.78 is 43.8. The molecule has 0 aliphatic heterocycles. The second kappa shape index (κ2) is 6.44. The van der Waals surface area contributed by atoms with Gasteiger partial charge in [-0.3, -0.25) is 0 Å². The molecule has 0 saturated heterocycles. The van der Waals surface area contributed by atoms with Gasteiger partial charge in [0.15, 0.2) is 0 Å². The van der Waals surface area contributed by atoms with Gasteiger partial charge in [0.2, 0.25) is 5.89 Å². The largest absolute Gasteiger partial charge is 0.416 e. The minimum Gasteiger partial charge on any atom is -0.406 e. The molecule has 0 radical (unpaired) electrons. The molecule has 114 valence electrons. The Balaban J connectivity index is 2.17. The van der Waals surface area contributed by atoms with E-state index in [0.717, 1.165) is 18.7 Å². The number of hydrogen-bond donors (Lipinski definition) is 2. The normalized spacial score (nSPS) is 11.7. The molecule has 0 spiro atoms. The summed E-state index contributed by atoms with van der Waals surface area (Å²) in [5.41, 5.74) is -0.566. The SMILES string of the molecule is CCNCc1nnc(Nc2cc(C(F)(F)F)ccc2Br)o1. The highest BCUT2D eigenvalue weighted by molar-refractivity contribution is 9.10. The van der Waals surface area contributed by atoms with Gasteiger partial charge in [0, 0.05) is 4.47 Å². The van der Waals surface area contributed by atoms with Crippen molar-refractivity contribution in [2.45, 2.75) is 19.6 Å². The first kappa shape index (κ1) is 15.8. The molecule has 0 aliphatic carbocycles. The van der Waals surface area contributed by atoms with E-state index in [1.807, 2.05) is 6.92 Å². The molecule has 0 aliphatic rings. The van der Waals surface area contributed by atoms with E-state index in [0.29, 0.717) is 16.9 Å². The summed E-state index contributed by atoms with van der Waals surface area (Å²) in [4.78, 5) is 0. The van der Waals surface area contributed by atoms with Crippen LogP contribution in [0, 0.1) is 0 Å². The fourth-order valence-corrected chi connectivity index (χ4v) is 1.87. The minimum absolute atomic E-state index is 0.0305. The molecule has 0 saturated carbocycles. The highest BCUT2D eigenvalue weighted by atomic mass is 79.9. The first-order chi connectivity index (χ1) is 9.90. The number of nitrogens with one attached hydrogen (secondary N) is 2. The summed E-state index contributed by atoms with van der Waals surface area (Å²) in [7, 11) is 0. The molecule has 1 heterocycles. The van der Waals surface area contributed by atoms with Crippen LogP contribution in [-0.4, -0.2) is 16.7 Å². The van der Waals surface area contributed by atoms with E-state index in [-0.39, 0.29) is 11.7 Å². The predicted octanol–water partition coefficient (Wildman–Crippen LogP) is 3.70. The number of rotatable bonds is 5. The number of hydrogen-bond acceptors (Lipinski definition) is 5. The van der Waals surface area contributed by atoms with E-state index in [1.54, 1.807) is 0 Å². The van der Waals surface area contributed by atoms with E-state index < -0.39 is 11.7 Å². The number of anilines is 2. The monoisotopic (exact) mass is 364 g/mol. The van der Waals surface area contributed by atoms with Crippen LogP contribution in [0.1, 0.15) is 18.4 Å². The second-order valence-electron chi connectivity index (χ2n) is 4.10. The van der Waals surface area contributed by atoms with Gasteiger partial charge in [0.25, 0.3) is 0 Å². The van der Waals surface area contributed by atoms with Crippen LogP contribution in [0.2, 0.25) is 0 Å². The zero-order valence-corrected chi connectivity index (χ0v) is 12.5. The van der Waals surface area contributed by atoms with Crippen LogP contribution in [0.5, 0.6) is 0 Å². The summed E-state index contributed by atoms with van der Waals surface area (Å²) >= 11 is 3.17. The Morgan fingerprint density at radius 3 is 2.71 bits per heavy atom. The Kier molecular flexibility index (Phi) is 4.84. The molecular formula is C12H12BrF3N4O. The summed E-state index contributed by atoms with van der Waals surface area (Å²) in [6, 6.07) is 3.29. The number of benzene rings is 1. The van der Waals surface area contributed by atoms with Crippen LogP contribution in [0.3, 0.4) is 0 Å². The van der Waals surface area contributed by atoms with Crippen LogP contribution < -0.4 is 10.6 Å². The smallest absolute Gasteiger partial charge is 0.406 e. The molecule has 21 heavy (non-hydrogen) atoms. The molecule has 0 amide bonds. The van der Waals surface area contributed by atoms with Gasteiger partial charge in [0.05, 0.1) is 17.8 Å². The van der Waals surface area contributed by atoms with Gasteiger partial charge in [-0.05, 0) is 40.7 Å². The van der Waals surface area contributed by atoms with Crippen molar-refractivity contribution < 1.29 is 17.6 Å². The number of aromatic nitrogens is 2. The highest BCUT2D eigenvalue weighted by Crippen LogP contribution is 2.34. The Morgan fingerprint density at radius 1 is 1.29 bits per heavy atom. The number of nitrogens with zero attached hydrogens (tertiary/aromatic N) is 2. The van der Waals surface area contributed by atoms with Crippen molar-refractivity contribution in [2.24, 2.45) is 0 Å². The minimum atomic E-state index is -4.41. The van der Waals surface area contributed by atoms with Crippen molar-refractivity contribution in [1.82, 2.24) is 15.5 Å². The third-order valence-electron chi connectivity index (χ3n) is 2.53.